The smallest absolute Gasteiger partial charge is 0.187 e. The third-order valence-corrected chi connectivity index (χ3v) is 4.08. The summed E-state index contributed by atoms with van der Waals surface area (Å²) >= 11 is 5.15. The Morgan fingerprint density at radius 3 is 2.68 bits per heavy atom. The highest BCUT2D eigenvalue weighted by Crippen LogP contribution is 2.23. The summed E-state index contributed by atoms with van der Waals surface area (Å²) < 4.78 is 20.0. The van der Waals surface area contributed by atoms with Crippen molar-refractivity contribution < 1.29 is 9.13 Å². The van der Waals surface area contributed by atoms with E-state index in [1.54, 1.807) is 30.1 Å². The fourth-order valence-corrected chi connectivity index (χ4v) is 2.65. The van der Waals surface area contributed by atoms with E-state index < -0.39 is 0 Å². The van der Waals surface area contributed by atoms with E-state index in [9.17, 15) is 4.39 Å². The van der Waals surface area contributed by atoms with E-state index in [1.165, 1.54) is 12.1 Å². The van der Waals surface area contributed by atoms with Crippen LogP contribution in [0.2, 0.25) is 0 Å². The Balaban J connectivity index is 1.84. The first kappa shape index (κ1) is 19.7. The van der Waals surface area contributed by atoms with Gasteiger partial charge >= 0.3 is 0 Å². The Morgan fingerprint density at radius 1 is 1.21 bits per heavy atom. The molecule has 0 saturated heterocycles. The maximum absolute atomic E-state index is 13.3. The molecule has 0 fully saturated rings. The number of hydrogen-bond donors (Lipinski definition) is 2. The highest BCUT2D eigenvalue weighted by molar-refractivity contribution is 7.80. The highest BCUT2D eigenvalue weighted by Gasteiger charge is 2.11. The van der Waals surface area contributed by atoms with Gasteiger partial charge in [-0.25, -0.2) is 9.07 Å². The van der Waals surface area contributed by atoms with Crippen LogP contribution in [0.1, 0.15) is 5.56 Å². The Labute approximate surface area is 168 Å². The van der Waals surface area contributed by atoms with E-state index in [0.29, 0.717) is 24.0 Å². The molecule has 2 aromatic carbocycles. The van der Waals surface area contributed by atoms with Crippen LogP contribution in [0, 0.1) is 5.82 Å². The number of rotatable bonds is 7. The van der Waals surface area contributed by atoms with Crippen molar-refractivity contribution in [3.8, 4) is 16.9 Å². The van der Waals surface area contributed by atoms with Crippen LogP contribution in [-0.2, 0) is 4.74 Å². The number of ether oxygens (including phenoxy) is 1. The number of thiocarbonyl (C=S) groups is 1. The molecule has 3 aromatic rings. The molecular formula is C20H20FN5OS. The number of para-hydroxylation sites is 1. The van der Waals surface area contributed by atoms with Crippen molar-refractivity contribution >= 4 is 23.5 Å². The van der Waals surface area contributed by atoms with Gasteiger partial charge in [0.2, 0.25) is 0 Å². The number of benzene rings is 2. The Kier molecular flexibility index (Phi) is 6.83. The lowest BCUT2D eigenvalue weighted by Gasteiger charge is -2.05. The number of halogens is 1. The van der Waals surface area contributed by atoms with Crippen LogP contribution in [0.15, 0.2) is 65.9 Å². The van der Waals surface area contributed by atoms with Crippen LogP contribution in [0.5, 0.6) is 0 Å². The van der Waals surface area contributed by atoms with Crippen LogP contribution in [0.25, 0.3) is 16.9 Å². The molecule has 0 aliphatic carbocycles. The first-order chi connectivity index (χ1) is 13.7. The third kappa shape index (κ3) is 5.21. The summed E-state index contributed by atoms with van der Waals surface area (Å²) in [7, 11) is 1.62. The molecule has 3 rings (SSSR count). The predicted octanol–water partition coefficient (Wildman–Crippen LogP) is 3.12. The molecule has 0 radical (unpaired) electrons. The van der Waals surface area contributed by atoms with Gasteiger partial charge < -0.3 is 10.1 Å². The van der Waals surface area contributed by atoms with Gasteiger partial charge in [0.15, 0.2) is 5.11 Å². The van der Waals surface area contributed by atoms with E-state index in [0.717, 1.165) is 16.8 Å². The second-order valence-corrected chi connectivity index (χ2v) is 6.25. The quantitative estimate of drug-likeness (QED) is 0.278. The fourth-order valence-electron chi connectivity index (χ4n) is 2.49. The average molecular weight is 397 g/mol. The Hall–Kier alpha value is -3.10. The summed E-state index contributed by atoms with van der Waals surface area (Å²) in [6, 6.07) is 15.9. The SMILES string of the molecule is COCCNC(=S)N/N=C\c1cn(-c2ccccc2)nc1-c1ccc(F)cc1. The van der Waals surface area contributed by atoms with Gasteiger partial charge in [-0.3, -0.25) is 5.43 Å². The van der Waals surface area contributed by atoms with Crippen molar-refractivity contribution in [2.75, 3.05) is 20.3 Å². The van der Waals surface area contributed by atoms with Gasteiger partial charge in [0.25, 0.3) is 0 Å². The van der Waals surface area contributed by atoms with Gasteiger partial charge in [0.05, 0.1) is 18.5 Å². The van der Waals surface area contributed by atoms with Crippen LogP contribution in [0.3, 0.4) is 0 Å². The topological polar surface area (TPSA) is 63.5 Å². The summed E-state index contributed by atoms with van der Waals surface area (Å²) in [5.74, 6) is -0.296. The number of nitrogens with zero attached hydrogens (tertiary/aromatic N) is 3. The summed E-state index contributed by atoms with van der Waals surface area (Å²) in [4.78, 5) is 0. The molecule has 0 unspecified atom stereocenters. The van der Waals surface area contributed by atoms with E-state index in [-0.39, 0.29) is 5.82 Å². The third-order valence-electron chi connectivity index (χ3n) is 3.84. The first-order valence-electron chi connectivity index (χ1n) is 8.64. The second-order valence-electron chi connectivity index (χ2n) is 5.84. The molecule has 6 nitrogen and oxygen atoms in total. The van der Waals surface area contributed by atoms with Gasteiger partial charge in [0.1, 0.15) is 11.5 Å². The summed E-state index contributed by atoms with van der Waals surface area (Å²) in [5, 5.41) is 12.2. The maximum Gasteiger partial charge on any atom is 0.187 e. The van der Waals surface area contributed by atoms with Gasteiger partial charge in [-0.15, -0.1) is 0 Å². The van der Waals surface area contributed by atoms with Gasteiger partial charge in [-0.05, 0) is 48.6 Å². The minimum Gasteiger partial charge on any atom is -0.383 e. The van der Waals surface area contributed by atoms with E-state index >= 15 is 0 Å². The van der Waals surface area contributed by atoms with E-state index in [4.69, 9.17) is 17.0 Å². The van der Waals surface area contributed by atoms with Crippen molar-refractivity contribution in [1.82, 2.24) is 20.5 Å². The molecule has 2 N–H and O–H groups in total. The minimum absolute atomic E-state index is 0.296. The Morgan fingerprint density at radius 2 is 1.96 bits per heavy atom. The Bertz CT molecular complexity index is 941. The van der Waals surface area contributed by atoms with Crippen molar-refractivity contribution in [3.63, 3.8) is 0 Å². The molecule has 144 valence electrons. The van der Waals surface area contributed by atoms with Crippen molar-refractivity contribution in [3.05, 3.63) is 72.2 Å². The zero-order valence-corrected chi connectivity index (χ0v) is 16.1. The number of hydrogen-bond acceptors (Lipinski definition) is 4. The first-order valence-corrected chi connectivity index (χ1v) is 9.05. The summed E-state index contributed by atoms with van der Waals surface area (Å²) in [5.41, 5.74) is 5.92. The lowest BCUT2D eigenvalue weighted by atomic mass is 10.1. The lowest BCUT2D eigenvalue weighted by molar-refractivity contribution is 0.204. The molecule has 1 heterocycles. The monoisotopic (exact) mass is 397 g/mol. The lowest BCUT2D eigenvalue weighted by Crippen LogP contribution is -2.34. The average Bonchev–Trinajstić information content (AvgIpc) is 3.14. The van der Waals surface area contributed by atoms with Gasteiger partial charge in [0, 0.05) is 31.0 Å². The molecule has 0 amide bonds. The molecule has 1 aromatic heterocycles. The number of hydrazone groups is 1. The number of aromatic nitrogens is 2. The van der Waals surface area contributed by atoms with Gasteiger partial charge in [-0.2, -0.15) is 10.2 Å². The van der Waals surface area contributed by atoms with Crippen LogP contribution in [0.4, 0.5) is 4.39 Å². The largest absolute Gasteiger partial charge is 0.383 e. The van der Waals surface area contributed by atoms with E-state index in [2.05, 4.69) is 20.9 Å². The van der Waals surface area contributed by atoms with Crippen LogP contribution >= 0.6 is 12.2 Å². The zero-order chi connectivity index (χ0) is 19.8. The molecular weight excluding hydrogens is 377 g/mol. The normalized spacial score (nSPS) is 10.9. The van der Waals surface area contributed by atoms with E-state index in [1.807, 2.05) is 36.5 Å². The molecule has 0 saturated carbocycles. The maximum atomic E-state index is 13.3. The van der Waals surface area contributed by atoms with Crippen LogP contribution < -0.4 is 10.7 Å². The molecule has 0 atom stereocenters. The van der Waals surface area contributed by atoms with Crippen molar-refractivity contribution in [1.29, 1.82) is 0 Å². The molecule has 0 aliphatic rings. The fraction of sp³-hybridized carbons (Fsp3) is 0.150. The molecule has 0 bridgehead atoms. The second kappa shape index (κ2) is 9.72. The molecule has 8 heteroatoms. The zero-order valence-electron chi connectivity index (χ0n) is 15.3. The molecule has 28 heavy (non-hydrogen) atoms. The highest BCUT2D eigenvalue weighted by atomic mass is 32.1. The standard InChI is InChI=1S/C20H20FN5OS/c1-27-12-11-22-20(28)24-23-13-16-14-26(18-5-3-2-4-6-18)25-19(16)15-7-9-17(21)10-8-15/h2-10,13-14H,11-12H2,1H3,(H2,22,24,28)/b23-13-. The van der Waals surface area contributed by atoms with Crippen LogP contribution in [-0.4, -0.2) is 41.4 Å². The van der Waals surface area contributed by atoms with Crippen molar-refractivity contribution in [2.24, 2.45) is 5.10 Å². The van der Waals surface area contributed by atoms with Crippen molar-refractivity contribution in [2.45, 2.75) is 0 Å². The molecule has 0 spiro atoms. The minimum atomic E-state index is -0.296. The number of nitrogens with one attached hydrogen (secondary N) is 2. The van der Waals surface area contributed by atoms with Gasteiger partial charge in [-0.1, -0.05) is 18.2 Å². The summed E-state index contributed by atoms with van der Waals surface area (Å²) in [6.45, 7) is 1.13. The predicted molar refractivity (Wildman–Crippen MR) is 112 cm³/mol. The molecule has 0 aliphatic heterocycles. The number of methoxy groups -OCH3 is 1. The summed E-state index contributed by atoms with van der Waals surface area (Å²) in [6.07, 6.45) is 3.50.